The van der Waals surface area contributed by atoms with Gasteiger partial charge in [0.1, 0.15) is 17.6 Å². The molecule has 1 aliphatic rings. The van der Waals surface area contributed by atoms with Crippen molar-refractivity contribution in [2.75, 3.05) is 6.61 Å². The molecule has 3 nitrogen and oxygen atoms in total. The summed E-state index contributed by atoms with van der Waals surface area (Å²) in [4.78, 5) is 10.4. The van der Waals surface area contributed by atoms with Crippen LogP contribution in [0, 0.1) is 10.7 Å². The summed E-state index contributed by atoms with van der Waals surface area (Å²) in [5.74, 6) is 0.204. The molecule has 0 aliphatic carbocycles. The van der Waals surface area contributed by atoms with Gasteiger partial charge in [0.25, 0.3) is 0 Å². The van der Waals surface area contributed by atoms with Gasteiger partial charge in [-0.3, -0.25) is 0 Å². The smallest absolute Gasteiger partial charge is 0.124 e. The maximum absolute atomic E-state index is 12.8. The van der Waals surface area contributed by atoms with Crippen molar-refractivity contribution in [2.45, 2.75) is 12.5 Å². The quantitative estimate of drug-likeness (QED) is 0.624. The third-order valence-corrected chi connectivity index (χ3v) is 2.11. The Balaban J connectivity index is 2.47. The predicted molar refractivity (Wildman–Crippen MR) is 45.0 cm³/mol. The Kier molecular flexibility index (Phi) is 1.96. The predicted octanol–water partition coefficient (Wildman–Crippen LogP) is 2.42. The van der Waals surface area contributed by atoms with Crippen molar-refractivity contribution < 1.29 is 9.13 Å². The van der Waals surface area contributed by atoms with E-state index in [4.69, 9.17) is 4.74 Å². The van der Waals surface area contributed by atoms with E-state index in [0.717, 1.165) is 0 Å². The number of nitroso groups, excluding NO2 is 1. The molecule has 1 aromatic carbocycles. The first-order valence-electron chi connectivity index (χ1n) is 4.06. The number of hydrogen-bond acceptors (Lipinski definition) is 3. The molecule has 1 aliphatic heterocycles. The van der Waals surface area contributed by atoms with Crippen molar-refractivity contribution in [3.63, 3.8) is 0 Å². The van der Waals surface area contributed by atoms with Gasteiger partial charge in [-0.25, -0.2) is 4.39 Å². The van der Waals surface area contributed by atoms with Crippen LogP contribution in [-0.4, -0.2) is 6.61 Å². The molecule has 0 aromatic heterocycles. The molecule has 0 saturated carbocycles. The van der Waals surface area contributed by atoms with E-state index in [-0.39, 0.29) is 5.82 Å². The second-order valence-electron chi connectivity index (χ2n) is 2.94. The first-order chi connectivity index (χ1) is 6.31. The molecule has 1 heterocycles. The van der Waals surface area contributed by atoms with Crippen LogP contribution in [0.25, 0.3) is 0 Å². The Labute approximate surface area is 74.5 Å². The molecule has 1 atom stereocenters. The fourth-order valence-corrected chi connectivity index (χ4v) is 1.46. The topological polar surface area (TPSA) is 38.7 Å². The number of hydrogen-bond donors (Lipinski definition) is 0. The molecule has 2 rings (SSSR count). The molecule has 1 aromatic rings. The molecule has 1 unspecified atom stereocenters. The molecule has 0 radical (unpaired) electrons. The van der Waals surface area contributed by atoms with Gasteiger partial charge in [-0.05, 0) is 18.2 Å². The minimum absolute atomic E-state index is 0.363. The number of ether oxygens (including phenoxy) is 1. The molecule has 0 N–H and O–H groups in total. The lowest BCUT2D eigenvalue weighted by atomic mass is 10.0. The highest BCUT2D eigenvalue weighted by molar-refractivity contribution is 5.37. The van der Waals surface area contributed by atoms with Crippen LogP contribution >= 0.6 is 0 Å². The van der Waals surface area contributed by atoms with E-state index in [1.165, 1.54) is 18.2 Å². The highest BCUT2D eigenvalue weighted by Crippen LogP contribution is 2.34. The minimum atomic E-state index is -0.459. The summed E-state index contributed by atoms with van der Waals surface area (Å²) in [6.45, 7) is 0.467. The van der Waals surface area contributed by atoms with Crippen LogP contribution in [0.4, 0.5) is 4.39 Å². The van der Waals surface area contributed by atoms with Gasteiger partial charge in [0.05, 0.1) is 6.61 Å². The van der Waals surface area contributed by atoms with Crippen LogP contribution < -0.4 is 4.74 Å². The van der Waals surface area contributed by atoms with Crippen LogP contribution in [-0.2, 0) is 0 Å². The SMILES string of the molecule is O=NC1CCOc2ccc(F)cc21. The second kappa shape index (κ2) is 3.12. The maximum Gasteiger partial charge on any atom is 0.124 e. The Bertz CT molecular complexity index is 340. The zero-order valence-corrected chi connectivity index (χ0v) is 6.87. The van der Waals surface area contributed by atoms with Crippen LogP contribution in [0.2, 0.25) is 0 Å². The lowest BCUT2D eigenvalue weighted by molar-refractivity contribution is 0.268. The lowest BCUT2D eigenvalue weighted by Gasteiger charge is -2.20. The van der Waals surface area contributed by atoms with Crippen LogP contribution in [0.15, 0.2) is 23.4 Å². The first kappa shape index (κ1) is 8.16. The molecule has 0 amide bonds. The summed E-state index contributed by atoms with van der Waals surface area (Å²) in [5.41, 5.74) is 0.557. The van der Waals surface area contributed by atoms with E-state index in [9.17, 15) is 9.30 Å². The lowest BCUT2D eigenvalue weighted by Crippen LogP contribution is -2.12. The second-order valence-corrected chi connectivity index (χ2v) is 2.94. The largest absolute Gasteiger partial charge is 0.493 e. The Morgan fingerprint density at radius 1 is 1.54 bits per heavy atom. The molecule has 68 valence electrons. The molecule has 0 bridgehead atoms. The zero-order valence-electron chi connectivity index (χ0n) is 6.87. The third kappa shape index (κ3) is 1.39. The number of benzene rings is 1. The van der Waals surface area contributed by atoms with E-state index in [0.29, 0.717) is 24.3 Å². The highest BCUT2D eigenvalue weighted by Gasteiger charge is 2.22. The van der Waals surface area contributed by atoms with Gasteiger partial charge in [-0.15, -0.1) is 0 Å². The van der Waals surface area contributed by atoms with E-state index in [1.807, 2.05) is 0 Å². The summed E-state index contributed by atoms with van der Waals surface area (Å²) in [6, 6.07) is 3.69. The number of fused-ring (bicyclic) bond motifs is 1. The average Bonchev–Trinajstić information content (AvgIpc) is 2.17. The van der Waals surface area contributed by atoms with Gasteiger partial charge in [-0.2, -0.15) is 4.91 Å². The van der Waals surface area contributed by atoms with Crippen LogP contribution in [0.5, 0.6) is 5.75 Å². The summed E-state index contributed by atoms with van der Waals surface area (Å²) < 4.78 is 18.0. The van der Waals surface area contributed by atoms with E-state index >= 15 is 0 Å². The zero-order chi connectivity index (χ0) is 9.26. The van der Waals surface area contributed by atoms with Crippen molar-refractivity contribution in [1.29, 1.82) is 0 Å². The van der Waals surface area contributed by atoms with Gasteiger partial charge >= 0.3 is 0 Å². The summed E-state index contributed by atoms with van der Waals surface area (Å²) in [5, 5.41) is 2.93. The first-order valence-corrected chi connectivity index (χ1v) is 4.06. The van der Waals surface area contributed by atoms with Crippen molar-refractivity contribution >= 4 is 0 Å². The van der Waals surface area contributed by atoms with E-state index < -0.39 is 6.04 Å². The van der Waals surface area contributed by atoms with Crippen molar-refractivity contribution in [3.8, 4) is 5.75 Å². The summed E-state index contributed by atoms with van der Waals surface area (Å²) >= 11 is 0. The molecule has 4 heteroatoms. The van der Waals surface area contributed by atoms with Crippen molar-refractivity contribution in [3.05, 3.63) is 34.5 Å². The molecule has 0 saturated heterocycles. The molecule has 0 spiro atoms. The molecule has 13 heavy (non-hydrogen) atoms. The fraction of sp³-hybridized carbons (Fsp3) is 0.333. The van der Waals surface area contributed by atoms with Gasteiger partial charge in [0.2, 0.25) is 0 Å². The van der Waals surface area contributed by atoms with E-state index in [1.54, 1.807) is 0 Å². The summed E-state index contributed by atoms with van der Waals surface area (Å²) in [6.07, 6.45) is 0.528. The van der Waals surface area contributed by atoms with E-state index in [2.05, 4.69) is 5.18 Å². The highest BCUT2D eigenvalue weighted by atomic mass is 19.1. The Morgan fingerprint density at radius 3 is 3.15 bits per heavy atom. The molecular weight excluding hydrogens is 173 g/mol. The van der Waals surface area contributed by atoms with Gasteiger partial charge in [-0.1, -0.05) is 5.18 Å². The van der Waals surface area contributed by atoms with Crippen LogP contribution in [0.1, 0.15) is 18.0 Å². The summed E-state index contributed by atoms with van der Waals surface area (Å²) in [7, 11) is 0. The standard InChI is InChI=1S/C9H8FNO2/c10-6-1-2-9-7(5-6)8(11-12)3-4-13-9/h1-2,5,8H,3-4H2. The monoisotopic (exact) mass is 181 g/mol. The van der Waals surface area contributed by atoms with Crippen LogP contribution in [0.3, 0.4) is 0 Å². The fourth-order valence-electron chi connectivity index (χ4n) is 1.46. The average molecular weight is 181 g/mol. The van der Waals surface area contributed by atoms with Crippen molar-refractivity contribution in [2.24, 2.45) is 5.18 Å². The Morgan fingerprint density at radius 2 is 2.38 bits per heavy atom. The van der Waals surface area contributed by atoms with Gasteiger partial charge < -0.3 is 4.74 Å². The Hall–Kier alpha value is -1.45. The number of rotatable bonds is 1. The minimum Gasteiger partial charge on any atom is -0.493 e. The number of nitrogens with zero attached hydrogens (tertiary/aromatic N) is 1. The molecule has 0 fully saturated rings. The normalized spacial score (nSPS) is 20.2. The maximum atomic E-state index is 12.8. The van der Waals surface area contributed by atoms with Gasteiger partial charge in [0, 0.05) is 12.0 Å². The number of halogens is 1. The molecular formula is C9H8FNO2. The van der Waals surface area contributed by atoms with Crippen molar-refractivity contribution in [1.82, 2.24) is 0 Å². The van der Waals surface area contributed by atoms with Gasteiger partial charge in [0.15, 0.2) is 0 Å². The third-order valence-electron chi connectivity index (χ3n) is 2.11.